The van der Waals surface area contributed by atoms with Crippen LogP contribution < -0.4 is 0 Å². The fourth-order valence-corrected chi connectivity index (χ4v) is 0. The summed E-state index contributed by atoms with van der Waals surface area (Å²) < 4.78 is 0. The Labute approximate surface area is 80.3 Å². The van der Waals surface area contributed by atoms with Crippen LogP contribution in [0.4, 0.5) is 0 Å². The van der Waals surface area contributed by atoms with Crippen LogP contribution in [0.15, 0.2) is 0 Å². The van der Waals surface area contributed by atoms with E-state index in [2.05, 4.69) is 0 Å². The van der Waals surface area contributed by atoms with Crippen LogP contribution in [-0.4, -0.2) is 59.4 Å². The molecule has 0 aliphatic carbocycles. The van der Waals surface area contributed by atoms with Gasteiger partial charge in [-0.25, -0.2) is 0 Å². The van der Waals surface area contributed by atoms with Crippen LogP contribution in [-0.2, 0) is 19.5 Å². The Morgan fingerprint density at radius 3 is 1.25 bits per heavy atom. The molecule has 0 unspecified atom stereocenters. The van der Waals surface area contributed by atoms with Gasteiger partial charge in [-0.1, -0.05) is 0 Å². The van der Waals surface area contributed by atoms with Gasteiger partial charge >= 0.3 is 48.9 Å². The van der Waals surface area contributed by atoms with Gasteiger partial charge in [-0.2, -0.15) is 0 Å². The molecule has 0 rings (SSSR count). The van der Waals surface area contributed by atoms with Crippen LogP contribution in [0.2, 0.25) is 0 Å². The quantitative estimate of drug-likeness (QED) is 0.350. The Morgan fingerprint density at radius 2 is 1.25 bits per heavy atom. The Hall–Kier alpha value is 2.11. The van der Waals surface area contributed by atoms with Gasteiger partial charge in [0.2, 0.25) is 0 Å². The summed E-state index contributed by atoms with van der Waals surface area (Å²) in [5.41, 5.74) is 0. The summed E-state index contributed by atoms with van der Waals surface area (Å²) in [5, 5.41) is 12.0. The molecule has 0 aliphatic rings. The van der Waals surface area contributed by atoms with Crippen molar-refractivity contribution in [3.63, 3.8) is 0 Å². The molecule has 4 heteroatoms. The Balaban J connectivity index is -0.000000000833. The van der Waals surface area contributed by atoms with Gasteiger partial charge < -0.3 is 2.85 Å². The molecule has 0 amide bonds. The first-order valence-electron chi connectivity index (χ1n) is 0.200. The second-order valence-corrected chi connectivity index (χ2v) is 0. The molecular formula is H4BaO2Zn. The zero-order chi connectivity index (χ0) is 2.00. The van der Waals surface area contributed by atoms with Crippen LogP contribution in [0.1, 0.15) is 2.85 Å². The van der Waals surface area contributed by atoms with Gasteiger partial charge in [0.1, 0.15) is 0 Å². The topological polar surface area (TPSA) is 40.5 Å². The monoisotopic (exact) mass is 238 g/mol. The largest absolute Gasteiger partial charge is 2.00 e. The summed E-state index contributed by atoms with van der Waals surface area (Å²) in [6.07, 6.45) is 0. The number of hydrogen-bond donors (Lipinski definition) is 2. The predicted molar refractivity (Wildman–Crippen MR) is 13.2 cm³/mol. The molecule has 0 aromatic heterocycles. The van der Waals surface area contributed by atoms with Crippen LogP contribution >= 0.6 is 0 Å². The van der Waals surface area contributed by atoms with E-state index in [1.54, 1.807) is 0 Å². The van der Waals surface area contributed by atoms with E-state index in [0.29, 0.717) is 0 Å². The normalized spacial score (nSPS) is 1.50. The second-order valence-electron chi connectivity index (χ2n) is 0. The van der Waals surface area contributed by atoms with Crippen molar-refractivity contribution in [2.24, 2.45) is 0 Å². The molecule has 0 atom stereocenters. The molecule has 0 spiro atoms. The Morgan fingerprint density at radius 1 is 1.25 bits per heavy atom. The van der Waals surface area contributed by atoms with E-state index in [-0.39, 0.29) is 71.2 Å². The van der Waals surface area contributed by atoms with Crippen molar-refractivity contribution < 1.29 is 32.8 Å². The summed E-state index contributed by atoms with van der Waals surface area (Å²) in [6.45, 7) is 0. The summed E-state index contributed by atoms with van der Waals surface area (Å²) in [6, 6.07) is 0. The van der Waals surface area contributed by atoms with Crippen molar-refractivity contribution in [3.05, 3.63) is 0 Å². The minimum absolute atomic E-state index is 0. The fourth-order valence-electron chi connectivity index (χ4n) is 0. The predicted octanol–water partition coefficient (Wildman–Crippen LogP) is -0.141. The first-order chi connectivity index (χ1) is 1.00. The Bertz CT molecular complexity index is 11.5. The fraction of sp³-hybridized carbons (Fsp3) is 0. The van der Waals surface area contributed by atoms with E-state index in [4.69, 9.17) is 10.5 Å². The third-order valence-corrected chi connectivity index (χ3v) is 0. The SMILES string of the molecule is OO.[Ba+2].[H-].[H-].[Zn]. The molecule has 4 heavy (non-hydrogen) atoms. The molecular weight excluding hydrogens is 235 g/mol. The first kappa shape index (κ1) is 16.5. The van der Waals surface area contributed by atoms with Gasteiger partial charge in [-0.3, -0.25) is 10.5 Å². The summed E-state index contributed by atoms with van der Waals surface area (Å²) >= 11 is 0. The van der Waals surface area contributed by atoms with E-state index in [1.807, 2.05) is 0 Å². The van der Waals surface area contributed by atoms with Gasteiger partial charge in [0.15, 0.2) is 0 Å². The number of hydrogen-bond acceptors (Lipinski definition) is 2. The van der Waals surface area contributed by atoms with Crippen molar-refractivity contribution in [2.45, 2.75) is 0 Å². The Kier molecular flexibility index (Phi) is 79.8. The minimum atomic E-state index is 0. The van der Waals surface area contributed by atoms with Crippen molar-refractivity contribution in [2.75, 3.05) is 0 Å². The van der Waals surface area contributed by atoms with Crippen LogP contribution in [0.25, 0.3) is 0 Å². The maximum Gasteiger partial charge on any atom is 2.00 e. The van der Waals surface area contributed by atoms with Gasteiger partial charge in [0.25, 0.3) is 0 Å². The van der Waals surface area contributed by atoms with Crippen molar-refractivity contribution in [1.82, 2.24) is 0 Å². The van der Waals surface area contributed by atoms with E-state index >= 15 is 0 Å². The third-order valence-electron chi connectivity index (χ3n) is 0. The molecule has 20 valence electrons. The summed E-state index contributed by atoms with van der Waals surface area (Å²) in [5.74, 6) is 0. The van der Waals surface area contributed by atoms with E-state index in [1.165, 1.54) is 0 Å². The minimum Gasteiger partial charge on any atom is -1.00 e. The molecule has 2 N–H and O–H groups in total. The van der Waals surface area contributed by atoms with Gasteiger partial charge in [0.05, 0.1) is 0 Å². The summed E-state index contributed by atoms with van der Waals surface area (Å²) in [7, 11) is 0. The maximum absolute atomic E-state index is 6.00. The third kappa shape index (κ3) is 8.93. The smallest absolute Gasteiger partial charge is 1.00 e. The number of rotatable bonds is 0. The van der Waals surface area contributed by atoms with Crippen LogP contribution in [0.3, 0.4) is 0 Å². The van der Waals surface area contributed by atoms with E-state index in [9.17, 15) is 0 Å². The zero-order valence-electron chi connectivity index (χ0n) is 4.31. The molecule has 0 saturated heterocycles. The maximum atomic E-state index is 6.00. The van der Waals surface area contributed by atoms with Crippen molar-refractivity contribution >= 4 is 48.9 Å². The van der Waals surface area contributed by atoms with E-state index in [0.717, 1.165) is 0 Å². The average molecular weight is 239 g/mol. The average Bonchev–Trinajstić information content (AvgIpc) is 1.00. The molecule has 0 fully saturated rings. The molecule has 0 bridgehead atoms. The zero-order valence-corrected chi connectivity index (χ0v) is 9.72. The van der Waals surface area contributed by atoms with E-state index < -0.39 is 0 Å². The van der Waals surface area contributed by atoms with Crippen molar-refractivity contribution in [3.8, 4) is 0 Å². The van der Waals surface area contributed by atoms with Crippen LogP contribution in [0, 0.1) is 0 Å². The molecule has 0 heterocycles. The standard InChI is InChI=1S/Ba.H2O2.Zn.2H/c;1-2;;;/h;1-2H;;;/q+2;;;2*-1. The van der Waals surface area contributed by atoms with Gasteiger partial charge in [-0.05, 0) is 0 Å². The molecule has 0 radical (unpaired) electrons. The molecule has 0 saturated carbocycles. The van der Waals surface area contributed by atoms with Crippen LogP contribution in [0.5, 0.6) is 0 Å². The first-order valence-corrected chi connectivity index (χ1v) is 0.200. The summed E-state index contributed by atoms with van der Waals surface area (Å²) in [4.78, 5) is 0. The molecule has 0 aromatic rings. The van der Waals surface area contributed by atoms with Gasteiger partial charge in [0, 0.05) is 19.5 Å². The van der Waals surface area contributed by atoms with Crippen molar-refractivity contribution in [1.29, 1.82) is 0 Å². The molecule has 0 aromatic carbocycles. The molecule has 0 aliphatic heterocycles. The van der Waals surface area contributed by atoms with Gasteiger partial charge in [-0.15, -0.1) is 0 Å². The second kappa shape index (κ2) is 19.4. The molecule has 2 nitrogen and oxygen atoms in total.